The zero-order valence-corrected chi connectivity index (χ0v) is 16.7. The van der Waals surface area contributed by atoms with Crippen LogP contribution in [0, 0.1) is 17.0 Å². The SMILES string of the molecule is CCc1cc(C)cc2c1O[C@H](C(F)(F)F)C(C(=O)OCOC(=O)CCCO[N+](=O)[O-])=C2. The molecule has 1 atom stereocenters. The number of halogens is 3. The fraction of sp³-hybridized carbons (Fsp3) is 0.474. The first-order valence-electron chi connectivity index (χ1n) is 9.21. The van der Waals surface area contributed by atoms with Gasteiger partial charge in [-0.25, -0.2) is 4.79 Å². The zero-order chi connectivity index (χ0) is 23.2. The minimum Gasteiger partial charge on any atom is -0.475 e. The molecule has 1 heterocycles. The highest BCUT2D eigenvalue weighted by molar-refractivity contribution is 5.96. The maximum atomic E-state index is 13.5. The number of carbonyl (C=O) groups excluding carboxylic acids is 2. The van der Waals surface area contributed by atoms with Gasteiger partial charge in [-0.2, -0.15) is 13.2 Å². The average molecular weight is 447 g/mol. The summed E-state index contributed by atoms with van der Waals surface area (Å²) in [6.45, 7) is 2.28. The molecular weight excluding hydrogens is 427 g/mol. The highest BCUT2D eigenvalue weighted by Crippen LogP contribution is 2.40. The molecule has 2 rings (SSSR count). The van der Waals surface area contributed by atoms with Crippen LogP contribution < -0.4 is 4.74 Å². The number of hydrogen-bond donors (Lipinski definition) is 0. The van der Waals surface area contributed by atoms with Gasteiger partial charge in [0.15, 0.2) is 0 Å². The van der Waals surface area contributed by atoms with E-state index in [4.69, 9.17) is 4.74 Å². The number of carbonyl (C=O) groups is 2. The van der Waals surface area contributed by atoms with Crippen LogP contribution in [0.3, 0.4) is 0 Å². The summed E-state index contributed by atoms with van der Waals surface area (Å²) < 4.78 is 55.0. The van der Waals surface area contributed by atoms with Gasteiger partial charge in [-0.05, 0) is 43.0 Å². The number of ether oxygens (including phenoxy) is 3. The Labute approximate surface area is 174 Å². The molecule has 1 aliphatic rings. The first-order chi connectivity index (χ1) is 14.5. The van der Waals surface area contributed by atoms with Gasteiger partial charge >= 0.3 is 18.1 Å². The van der Waals surface area contributed by atoms with Crippen molar-refractivity contribution in [3.05, 3.63) is 44.5 Å². The third kappa shape index (κ3) is 6.59. The lowest BCUT2D eigenvalue weighted by Crippen LogP contribution is -2.41. The van der Waals surface area contributed by atoms with E-state index in [-0.39, 0.29) is 25.2 Å². The Kier molecular flexibility index (Phi) is 7.83. The Hall–Kier alpha value is -3.31. The molecule has 1 aromatic carbocycles. The van der Waals surface area contributed by atoms with Crippen LogP contribution in [0.15, 0.2) is 17.7 Å². The maximum absolute atomic E-state index is 13.5. The maximum Gasteiger partial charge on any atom is 0.430 e. The molecule has 1 aromatic rings. The molecule has 31 heavy (non-hydrogen) atoms. The average Bonchev–Trinajstić information content (AvgIpc) is 2.68. The predicted molar refractivity (Wildman–Crippen MR) is 98.2 cm³/mol. The van der Waals surface area contributed by atoms with Gasteiger partial charge < -0.3 is 19.0 Å². The monoisotopic (exact) mass is 447 g/mol. The van der Waals surface area contributed by atoms with Crippen molar-refractivity contribution in [3.63, 3.8) is 0 Å². The minimum absolute atomic E-state index is 0.0290. The van der Waals surface area contributed by atoms with Crippen LogP contribution in [0.4, 0.5) is 13.2 Å². The molecule has 0 aliphatic carbocycles. The summed E-state index contributed by atoms with van der Waals surface area (Å²) in [4.78, 5) is 37.7. The second kappa shape index (κ2) is 10.1. The van der Waals surface area contributed by atoms with E-state index in [0.717, 1.165) is 11.6 Å². The molecule has 0 bridgehead atoms. The molecule has 0 amide bonds. The zero-order valence-electron chi connectivity index (χ0n) is 16.7. The predicted octanol–water partition coefficient (Wildman–Crippen LogP) is 3.30. The minimum atomic E-state index is -4.88. The van der Waals surface area contributed by atoms with Crippen molar-refractivity contribution in [3.8, 4) is 5.75 Å². The van der Waals surface area contributed by atoms with Gasteiger partial charge in [0.25, 0.3) is 5.09 Å². The van der Waals surface area contributed by atoms with E-state index in [9.17, 15) is 32.9 Å². The standard InChI is InChI=1S/C19H20F3NO8/c1-3-12-7-11(2)8-13-9-14(17(19(20,21)22)31-16(12)13)18(25)29-10-28-15(24)5-4-6-30-23(26)27/h7-9,17H,3-6,10H2,1-2H3/t17-/m0/s1. The Morgan fingerprint density at radius 3 is 2.58 bits per heavy atom. The van der Waals surface area contributed by atoms with E-state index >= 15 is 0 Å². The van der Waals surface area contributed by atoms with Crippen LogP contribution in [0.5, 0.6) is 5.75 Å². The van der Waals surface area contributed by atoms with Crippen LogP contribution in [0.1, 0.15) is 36.5 Å². The normalized spacial score (nSPS) is 15.3. The third-order valence-corrected chi connectivity index (χ3v) is 4.21. The molecule has 0 fully saturated rings. The van der Waals surface area contributed by atoms with Gasteiger partial charge in [0.1, 0.15) is 5.75 Å². The van der Waals surface area contributed by atoms with Gasteiger partial charge in [-0.1, -0.05) is 13.0 Å². The topological polar surface area (TPSA) is 114 Å². The van der Waals surface area contributed by atoms with Crippen molar-refractivity contribution in [1.29, 1.82) is 0 Å². The second-order valence-corrected chi connectivity index (χ2v) is 6.56. The van der Waals surface area contributed by atoms with Crippen molar-refractivity contribution in [2.45, 2.75) is 45.4 Å². The van der Waals surface area contributed by atoms with Gasteiger partial charge in [0.05, 0.1) is 12.2 Å². The lowest BCUT2D eigenvalue weighted by Gasteiger charge is -2.29. The molecule has 0 radical (unpaired) electrons. The number of rotatable bonds is 9. The fourth-order valence-corrected chi connectivity index (χ4v) is 2.89. The molecule has 0 spiro atoms. The second-order valence-electron chi connectivity index (χ2n) is 6.56. The first kappa shape index (κ1) is 24.0. The Bertz CT molecular complexity index is 882. The molecule has 9 nitrogen and oxygen atoms in total. The van der Waals surface area contributed by atoms with E-state index in [0.29, 0.717) is 17.5 Å². The lowest BCUT2D eigenvalue weighted by molar-refractivity contribution is -0.757. The Morgan fingerprint density at radius 1 is 1.26 bits per heavy atom. The van der Waals surface area contributed by atoms with Crippen molar-refractivity contribution < 1.29 is 46.9 Å². The van der Waals surface area contributed by atoms with Crippen molar-refractivity contribution in [1.82, 2.24) is 0 Å². The van der Waals surface area contributed by atoms with Crippen molar-refractivity contribution in [2.24, 2.45) is 0 Å². The van der Waals surface area contributed by atoms with E-state index in [1.165, 1.54) is 0 Å². The van der Waals surface area contributed by atoms with E-state index in [2.05, 4.69) is 14.3 Å². The number of alkyl halides is 3. The number of esters is 2. The molecule has 0 N–H and O–H groups in total. The number of hydrogen-bond acceptors (Lipinski definition) is 8. The summed E-state index contributed by atoms with van der Waals surface area (Å²) in [5.41, 5.74) is 0.890. The molecule has 12 heteroatoms. The third-order valence-electron chi connectivity index (χ3n) is 4.21. The Morgan fingerprint density at radius 2 is 1.97 bits per heavy atom. The van der Waals surface area contributed by atoms with Crippen LogP contribution in [0.25, 0.3) is 6.08 Å². The van der Waals surface area contributed by atoms with Crippen molar-refractivity contribution in [2.75, 3.05) is 13.4 Å². The quantitative estimate of drug-likeness (QED) is 0.186. The van der Waals surface area contributed by atoms with Gasteiger partial charge in [-0.3, -0.25) is 4.79 Å². The van der Waals surface area contributed by atoms with Crippen LogP contribution in [-0.4, -0.2) is 42.7 Å². The summed E-state index contributed by atoms with van der Waals surface area (Å²) in [5, 5.41) is 8.96. The fourth-order valence-electron chi connectivity index (χ4n) is 2.89. The van der Waals surface area contributed by atoms with Gasteiger partial charge in [-0.15, -0.1) is 10.1 Å². The summed E-state index contributed by atoms with van der Waals surface area (Å²) in [7, 11) is 0. The number of benzene rings is 1. The van der Waals surface area contributed by atoms with Crippen LogP contribution in [-0.2, 0) is 30.3 Å². The highest BCUT2D eigenvalue weighted by Gasteiger charge is 2.49. The van der Waals surface area contributed by atoms with E-state index in [1.807, 2.05) is 0 Å². The molecule has 0 unspecified atom stereocenters. The van der Waals surface area contributed by atoms with Gasteiger partial charge in [0.2, 0.25) is 12.9 Å². The molecule has 0 saturated heterocycles. The summed E-state index contributed by atoms with van der Waals surface area (Å²) in [6, 6.07) is 3.29. The van der Waals surface area contributed by atoms with Crippen molar-refractivity contribution >= 4 is 18.0 Å². The molecule has 170 valence electrons. The van der Waals surface area contributed by atoms with E-state index < -0.39 is 41.7 Å². The summed E-state index contributed by atoms with van der Waals surface area (Å²) in [6.07, 6.45) is -6.22. The molecular formula is C19H20F3NO8. The number of nitrogens with zero attached hydrogens (tertiary/aromatic N) is 1. The van der Waals surface area contributed by atoms with Crippen LogP contribution in [0.2, 0.25) is 0 Å². The molecule has 1 aliphatic heterocycles. The number of aryl methyl sites for hydroxylation is 2. The lowest BCUT2D eigenvalue weighted by atomic mass is 9.96. The summed E-state index contributed by atoms with van der Waals surface area (Å²) in [5.74, 6) is -2.16. The highest BCUT2D eigenvalue weighted by atomic mass is 19.4. The van der Waals surface area contributed by atoms with E-state index in [1.54, 1.807) is 26.0 Å². The van der Waals surface area contributed by atoms with Gasteiger partial charge in [0, 0.05) is 12.0 Å². The molecule has 0 aromatic heterocycles. The Balaban J connectivity index is 2.06. The first-order valence-corrected chi connectivity index (χ1v) is 9.21. The largest absolute Gasteiger partial charge is 0.475 e. The number of fused-ring (bicyclic) bond motifs is 1. The smallest absolute Gasteiger partial charge is 0.430 e. The molecule has 0 saturated carbocycles. The van der Waals surface area contributed by atoms with Crippen LogP contribution >= 0.6 is 0 Å². The summed E-state index contributed by atoms with van der Waals surface area (Å²) >= 11 is 0.